The number of likely N-dealkylation sites (tertiary alicyclic amines) is 1. The van der Waals surface area contributed by atoms with Crippen LogP contribution in [0.2, 0.25) is 5.82 Å². The van der Waals surface area contributed by atoms with E-state index in [-0.39, 0.29) is 0 Å². The SMILES string of the molecule is BC1CCN(CC(C)C)CC1. The molecular formula is C9H20BN. The zero-order valence-corrected chi connectivity index (χ0v) is 8.14. The Labute approximate surface area is 71.6 Å². The van der Waals surface area contributed by atoms with Crippen LogP contribution in [0.15, 0.2) is 0 Å². The van der Waals surface area contributed by atoms with Crippen LogP contribution in [0.1, 0.15) is 26.7 Å². The fraction of sp³-hybridized carbons (Fsp3) is 1.00. The summed E-state index contributed by atoms with van der Waals surface area (Å²) < 4.78 is 0. The van der Waals surface area contributed by atoms with Crippen LogP contribution in [0.25, 0.3) is 0 Å². The van der Waals surface area contributed by atoms with Gasteiger partial charge in [0.1, 0.15) is 7.85 Å². The van der Waals surface area contributed by atoms with E-state index < -0.39 is 0 Å². The van der Waals surface area contributed by atoms with Crippen LogP contribution >= 0.6 is 0 Å². The first-order chi connectivity index (χ1) is 5.18. The predicted molar refractivity (Wildman–Crippen MR) is 52.8 cm³/mol. The normalized spacial score (nSPS) is 22.8. The van der Waals surface area contributed by atoms with Gasteiger partial charge >= 0.3 is 0 Å². The van der Waals surface area contributed by atoms with E-state index in [0.717, 1.165) is 11.7 Å². The van der Waals surface area contributed by atoms with Crippen molar-refractivity contribution >= 4 is 7.85 Å². The summed E-state index contributed by atoms with van der Waals surface area (Å²) in [5.74, 6) is 1.81. The largest absolute Gasteiger partial charge is 0.303 e. The van der Waals surface area contributed by atoms with Gasteiger partial charge in [0.15, 0.2) is 0 Å². The fourth-order valence-electron chi connectivity index (χ4n) is 1.76. The lowest BCUT2D eigenvalue weighted by Gasteiger charge is -2.31. The summed E-state index contributed by atoms with van der Waals surface area (Å²) in [4.78, 5) is 2.60. The van der Waals surface area contributed by atoms with Gasteiger partial charge in [0.05, 0.1) is 0 Å². The average molecular weight is 153 g/mol. The molecule has 2 heteroatoms. The van der Waals surface area contributed by atoms with Crippen LogP contribution < -0.4 is 0 Å². The maximum Gasteiger partial charge on any atom is 0.105 e. The molecule has 0 aromatic heterocycles. The van der Waals surface area contributed by atoms with Crippen LogP contribution in [0.3, 0.4) is 0 Å². The highest BCUT2D eigenvalue weighted by Gasteiger charge is 2.15. The third-order valence-electron chi connectivity index (χ3n) is 2.50. The monoisotopic (exact) mass is 153 g/mol. The van der Waals surface area contributed by atoms with E-state index >= 15 is 0 Å². The van der Waals surface area contributed by atoms with Gasteiger partial charge in [-0.2, -0.15) is 0 Å². The molecule has 0 aromatic rings. The van der Waals surface area contributed by atoms with Gasteiger partial charge in [-0.1, -0.05) is 19.7 Å². The molecule has 11 heavy (non-hydrogen) atoms. The molecular weight excluding hydrogens is 133 g/mol. The Morgan fingerprint density at radius 2 is 1.91 bits per heavy atom. The first-order valence-electron chi connectivity index (χ1n) is 4.91. The minimum absolute atomic E-state index is 0.836. The fourth-order valence-corrected chi connectivity index (χ4v) is 1.76. The van der Waals surface area contributed by atoms with E-state index in [1.807, 2.05) is 0 Å². The zero-order valence-electron chi connectivity index (χ0n) is 8.14. The molecule has 1 nitrogen and oxygen atoms in total. The first-order valence-corrected chi connectivity index (χ1v) is 4.91. The molecule has 1 saturated heterocycles. The van der Waals surface area contributed by atoms with Gasteiger partial charge in [-0.25, -0.2) is 0 Å². The second kappa shape index (κ2) is 4.15. The van der Waals surface area contributed by atoms with Gasteiger partial charge in [-0.15, -0.1) is 0 Å². The average Bonchev–Trinajstić information content (AvgIpc) is 1.93. The van der Waals surface area contributed by atoms with Crippen molar-refractivity contribution in [2.24, 2.45) is 5.92 Å². The van der Waals surface area contributed by atoms with E-state index in [0.29, 0.717) is 0 Å². The minimum Gasteiger partial charge on any atom is -0.303 e. The maximum atomic E-state index is 2.60. The lowest BCUT2D eigenvalue weighted by Crippen LogP contribution is -2.34. The molecule has 1 rings (SSSR count). The van der Waals surface area contributed by atoms with Crippen molar-refractivity contribution in [3.05, 3.63) is 0 Å². The van der Waals surface area contributed by atoms with Crippen molar-refractivity contribution in [2.45, 2.75) is 32.5 Å². The van der Waals surface area contributed by atoms with Crippen LogP contribution in [0, 0.1) is 5.92 Å². The Morgan fingerprint density at radius 3 is 2.36 bits per heavy atom. The molecule has 0 unspecified atom stereocenters. The molecule has 64 valence electrons. The molecule has 1 aliphatic heterocycles. The molecule has 0 spiro atoms. The van der Waals surface area contributed by atoms with E-state index in [2.05, 4.69) is 26.6 Å². The van der Waals surface area contributed by atoms with Crippen molar-refractivity contribution < 1.29 is 0 Å². The van der Waals surface area contributed by atoms with E-state index in [4.69, 9.17) is 0 Å². The Balaban J connectivity index is 2.17. The quantitative estimate of drug-likeness (QED) is 0.538. The molecule has 1 heterocycles. The van der Waals surface area contributed by atoms with E-state index in [9.17, 15) is 0 Å². The smallest absolute Gasteiger partial charge is 0.105 e. The van der Waals surface area contributed by atoms with Gasteiger partial charge in [0, 0.05) is 6.54 Å². The van der Waals surface area contributed by atoms with Gasteiger partial charge in [0.25, 0.3) is 0 Å². The molecule has 0 aromatic carbocycles. The minimum atomic E-state index is 0.836. The molecule has 0 atom stereocenters. The zero-order chi connectivity index (χ0) is 8.27. The molecule has 1 fully saturated rings. The summed E-state index contributed by atoms with van der Waals surface area (Å²) in [6.07, 6.45) is 2.82. The molecule has 0 saturated carbocycles. The van der Waals surface area contributed by atoms with E-state index in [1.165, 1.54) is 32.5 Å². The third kappa shape index (κ3) is 3.28. The molecule has 0 aliphatic carbocycles. The van der Waals surface area contributed by atoms with E-state index in [1.54, 1.807) is 0 Å². The van der Waals surface area contributed by atoms with Crippen LogP contribution in [-0.2, 0) is 0 Å². The molecule has 0 amide bonds. The molecule has 0 bridgehead atoms. The van der Waals surface area contributed by atoms with Crippen molar-refractivity contribution in [2.75, 3.05) is 19.6 Å². The van der Waals surface area contributed by atoms with Gasteiger partial charge in [-0.05, 0) is 31.8 Å². The number of hydrogen-bond acceptors (Lipinski definition) is 1. The standard InChI is InChI=1S/C9H20BN/c1-8(2)7-11-5-3-9(10)4-6-11/h8-9H,3-7,10H2,1-2H3. The number of piperidine rings is 1. The van der Waals surface area contributed by atoms with Gasteiger partial charge < -0.3 is 4.90 Å². The highest BCUT2D eigenvalue weighted by molar-refractivity contribution is 6.11. The van der Waals surface area contributed by atoms with Crippen molar-refractivity contribution in [1.29, 1.82) is 0 Å². The number of rotatable bonds is 2. The highest BCUT2D eigenvalue weighted by Crippen LogP contribution is 2.19. The lowest BCUT2D eigenvalue weighted by atomic mass is 9.79. The number of hydrogen-bond donors (Lipinski definition) is 0. The summed E-state index contributed by atoms with van der Waals surface area (Å²) in [6, 6.07) is 0. The van der Waals surface area contributed by atoms with Gasteiger partial charge in [0.2, 0.25) is 0 Å². The second-order valence-electron chi connectivity index (χ2n) is 4.38. The van der Waals surface area contributed by atoms with Crippen LogP contribution in [0.4, 0.5) is 0 Å². The van der Waals surface area contributed by atoms with Crippen molar-refractivity contribution in [3.8, 4) is 0 Å². The predicted octanol–water partition coefficient (Wildman–Crippen LogP) is 1.16. The Hall–Kier alpha value is 0.0249. The second-order valence-corrected chi connectivity index (χ2v) is 4.38. The van der Waals surface area contributed by atoms with Crippen LogP contribution in [0.5, 0.6) is 0 Å². The summed E-state index contributed by atoms with van der Waals surface area (Å²) in [7, 11) is 2.37. The highest BCUT2D eigenvalue weighted by atomic mass is 15.1. The Kier molecular flexibility index (Phi) is 3.44. The summed E-state index contributed by atoms with van der Waals surface area (Å²) in [5.41, 5.74) is 0. The maximum absolute atomic E-state index is 2.60. The topological polar surface area (TPSA) is 3.24 Å². The lowest BCUT2D eigenvalue weighted by molar-refractivity contribution is 0.206. The Bertz CT molecular complexity index is 106. The van der Waals surface area contributed by atoms with Gasteiger partial charge in [-0.3, -0.25) is 0 Å². The van der Waals surface area contributed by atoms with Crippen molar-refractivity contribution in [3.63, 3.8) is 0 Å². The molecule has 1 aliphatic rings. The van der Waals surface area contributed by atoms with Crippen LogP contribution in [-0.4, -0.2) is 32.4 Å². The molecule has 0 N–H and O–H groups in total. The summed E-state index contributed by atoms with van der Waals surface area (Å²) in [5, 5.41) is 0. The summed E-state index contributed by atoms with van der Waals surface area (Å²) in [6.45, 7) is 8.57. The number of nitrogens with zero attached hydrogens (tertiary/aromatic N) is 1. The Morgan fingerprint density at radius 1 is 1.36 bits per heavy atom. The first kappa shape index (κ1) is 9.12. The van der Waals surface area contributed by atoms with Crippen molar-refractivity contribution in [1.82, 2.24) is 4.90 Å². The molecule has 0 radical (unpaired) electrons. The summed E-state index contributed by atoms with van der Waals surface area (Å²) >= 11 is 0. The third-order valence-corrected chi connectivity index (χ3v) is 2.50.